The summed E-state index contributed by atoms with van der Waals surface area (Å²) < 4.78 is 6.88. The van der Waals surface area contributed by atoms with E-state index in [0.29, 0.717) is 5.92 Å². The lowest BCUT2D eigenvalue weighted by molar-refractivity contribution is -0.143. The highest BCUT2D eigenvalue weighted by atomic mass is 28.3. The maximum absolute atomic E-state index is 11.7. The van der Waals surface area contributed by atoms with E-state index in [4.69, 9.17) is 4.43 Å². The van der Waals surface area contributed by atoms with Crippen LogP contribution in [0.4, 0.5) is 0 Å². The van der Waals surface area contributed by atoms with Crippen LogP contribution in [0.3, 0.4) is 0 Å². The first kappa shape index (κ1) is 20.8. The third-order valence-electron chi connectivity index (χ3n) is 6.17. The van der Waals surface area contributed by atoms with Gasteiger partial charge in [0.25, 0.3) is 0 Å². The van der Waals surface area contributed by atoms with Crippen LogP contribution in [-0.4, -0.2) is 25.7 Å². The van der Waals surface area contributed by atoms with Gasteiger partial charge < -0.3 is 9.53 Å². The van der Waals surface area contributed by atoms with Gasteiger partial charge in [-0.1, -0.05) is 81.4 Å². The predicted octanol–water partition coefficient (Wildman–Crippen LogP) is 3.99. The smallest absolute Gasteiger partial charge is 0.306 e. The average Bonchev–Trinajstić information content (AvgIpc) is 2.67. The Morgan fingerprint density at radius 1 is 1.00 bits per heavy atom. The summed E-state index contributed by atoms with van der Waals surface area (Å²) in [7, 11) is -1.98. The van der Waals surface area contributed by atoms with Crippen LogP contribution in [0.2, 0.25) is 0 Å². The third-order valence-corrected chi connectivity index (χ3v) is 8.88. The standard InChI is InChI=1S/C24H32O3Si/c1-23(2,3)19-14-16-24(17-15-19,18-22(25)26)27-28(20-10-6-4-7-11-20)21-12-8-5-9-13-21/h4-13,19,28H,14-18H2,1-3H3,(H,25,26). The van der Waals surface area contributed by atoms with Crippen LogP contribution in [0, 0.1) is 11.3 Å². The van der Waals surface area contributed by atoms with Crippen molar-refractivity contribution in [2.24, 2.45) is 11.3 Å². The third kappa shape index (κ3) is 5.12. The van der Waals surface area contributed by atoms with Gasteiger partial charge in [-0.3, -0.25) is 4.79 Å². The van der Waals surface area contributed by atoms with Gasteiger partial charge in [-0.2, -0.15) is 0 Å². The number of carboxylic acids is 1. The van der Waals surface area contributed by atoms with Crippen molar-refractivity contribution < 1.29 is 14.3 Å². The summed E-state index contributed by atoms with van der Waals surface area (Å²) in [6.45, 7) is 6.86. The Morgan fingerprint density at radius 3 is 1.86 bits per heavy atom. The fourth-order valence-electron chi connectivity index (χ4n) is 4.46. The van der Waals surface area contributed by atoms with Crippen molar-refractivity contribution in [3.05, 3.63) is 60.7 Å². The molecule has 1 saturated carbocycles. The molecule has 0 saturated heterocycles. The summed E-state index contributed by atoms with van der Waals surface area (Å²) in [6.07, 6.45) is 3.80. The number of carboxylic acid groups (broad SMARTS) is 1. The van der Waals surface area contributed by atoms with Crippen molar-refractivity contribution in [2.75, 3.05) is 0 Å². The lowest BCUT2D eigenvalue weighted by Gasteiger charge is -2.45. The highest BCUT2D eigenvalue weighted by Gasteiger charge is 2.43. The fraction of sp³-hybridized carbons (Fsp3) is 0.458. The Kier molecular flexibility index (Phi) is 6.41. The average molecular weight is 397 g/mol. The summed E-state index contributed by atoms with van der Waals surface area (Å²) in [5, 5.41) is 12.1. The number of hydrogen-bond donors (Lipinski definition) is 1. The molecule has 0 heterocycles. The van der Waals surface area contributed by atoms with Crippen molar-refractivity contribution >= 4 is 25.4 Å². The summed E-state index contributed by atoms with van der Waals surface area (Å²) >= 11 is 0. The van der Waals surface area contributed by atoms with Gasteiger partial charge in [0.15, 0.2) is 0 Å². The lowest BCUT2D eigenvalue weighted by atomic mass is 9.68. The molecule has 1 fully saturated rings. The minimum atomic E-state index is -1.98. The van der Waals surface area contributed by atoms with Crippen LogP contribution in [0.25, 0.3) is 0 Å². The van der Waals surface area contributed by atoms with E-state index >= 15 is 0 Å². The van der Waals surface area contributed by atoms with E-state index in [1.807, 2.05) is 36.4 Å². The molecular formula is C24H32O3Si. The van der Waals surface area contributed by atoms with Crippen molar-refractivity contribution in [1.29, 1.82) is 0 Å². The number of hydrogen-bond acceptors (Lipinski definition) is 2. The van der Waals surface area contributed by atoms with Gasteiger partial charge in [0.05, 0.1) is 12.0 Å². The molecule has 0 amide bonds. The molecule has 3 nitrogen and oxygen atoms in total. The normalized spacial score (nSPS) is 22.9. The number of rotatable bonds is 6. The van der Waals surface area contributed by atoms with Crippen LogP contribution in [-0.2, 0) is 9.22 Å². The molecular weight excluding hydrogens is 364 g/mol. The van der Waals surface area contributed by atoms with E-state index in [2.05, 4.69) is 45.0 Å². The minimum absolute atomic E-state index is 0.0903. The molecule has 2 aromatic rings. The Morgan fingerprint density at radius 2 is 1.46 bits per heavy atom. The SMILES string of the molecule is CC(C)(C)C1CCC(CC(=O)O)(O[SiH](c2ccccc2)c2ccccc2)CC1. The quantitative estimate of drug-likeness (QED) is 0.751. The highest BCUT2D eigenvalue weighted by Crippen LogP contribution is 2.44. The molecule has 1 aliphatic rings. The van der Waals surface area contributed by atoms with Crippen molar-refractivity contribution in [1.82, 2.24) is 0 Å². The second-order valence-corrected chi connectivity index (χ2v) is 11.5. The second kappa shape index (κ2) is 8.62. The number of carbonyl (C=O) groups is 1. The molecule has 0 spiro atoms. The molecule has 2 aromatic carbocycles. The van der Waals surface area contributed by atoms with E-state index in [-0.39, 0.29) is 11.8 Å². The highest BCUT2D eigenvalue weighted by molar-refractivity contribution is 6.80. The van der Waals surface area contributed by atoms with Crippen LogP contribution in [0.1, 0.15) is 52.9 Å². The predicted molar refractivity (Wildman–Crippen MR) is 117 cm³/mol. The molecule has 28 heavy (non-hydrogen) atoms. The van der Waals surface area contributed by atoms with Gasteiger partial charge in [-0.05, 0) is 47.4 Å². The minimum Gasteiger partial charge on any atom is -0.481 e. The van der Waals surface area contributed by atoms with Gasteiger partial charge in [-0.15, -0.1) is 0 Å². The summed E-state index contributed by atoms with van der Waals surface area (Å²) in [6, 6.07) is 20.7. The van der Waals surface area contributed by atoms with Gasteiger partial charge in [-0.25, -0.2) is 0 Å². The van der Waals surface area contributed by atoms with Crippen molar-refractivity contribution in [2.45, 2.75) is 58.5 Å². The lowest BCUT2D eigenvalue weighted by Crippen LogP contribution is -2.53. The zero-order valence-corrected chi connectivity index (χ0v) is 18.4. The Labute approximate surface area is 170 Å². The molecule has 0 aliphatic heterocycles. The summed E-state index contributed by atoms with van der Waals surface area (Å²) in [5.41, 5.74) is -0.304. The molecule has 0 radical (unpaired) electrons. The van der Waals surface area contributed by atoms with Crippen LogP contribution in [0.15, 0.2) is 60.7 Å². The molecule has 1 aliphatic carbocycles. The van der Waals surface area contributed by atoms with E-state index in [1.165, 1.54) is 10.4 Å². The zero-order chi connectivity index (χ0) is 20.2. The van der Waals surface area contributed by atoms with E-state index in [1.54, 1.807) is 0 Å². The maximum Gasteiger partial charge on any atom is 0.306 e. The zero-order valence-electron chi connectivity index (χ0n) is 17.2. The van der Waals surface area contributed by atoms with Gasteiger partial charge in [0.2, 0.25) is 9.04 Å². The molecule has 4 heteroatoms. The van der Waals surface area contributed by atoms with Gasteiger partial charge in [0.1, 0.15) is 0 Å². The van der Waals surface area contributed by atoms with E-state index in [9.17, 15) is 9.90 Å². The summed E-state index contributed by atoms with van der Waals surface area (Å²) in [4.78, 5) is 11.7. The van der Waals surface area contributed by atoms with Gasteiger partial charge in [0, 0.05) is 0 Å². The number of benzene rings is 2. The first-order valence-electron chi connectivity index (χ1n) is 10.3. The number of aliphatic carboxylic acids is 1. The first-order valence-corrected chi connectivity index (χ1v) is 11.9. The summed E-state index contributed by atoms with van der Waals surface area (Å²) in [5.74, 6) is -0.144. The second-order valence-electron chi connectivity index (χ2n) is 9.21. The molecule has 0 aromatic heterocycles. The molecule has 3 rings (SSSR count). The van der Waals surface area contributed by atoms with Crippen molar-refractivity contribution in [3.8, 4) is 0 Å². The topological polar surface area (TPSA) is 46.5 Å². The van der Waals surface area contributed by atoms with Crippen LogP contribution < -0.4 is 10.4 Å². The van der Waals surface area contributed by atoms with E-state index in [0.717, 1.165) is 25.7 Å². The van der Waals surface area contributed by atoms with Crippen molar-refractivity contribution in [3.63, 3.8) is 0 Å². The maximum atomic E-state index is 11.7. The monoisotopic (exact) mass is 396 g/mol. The Balaban J connectivity index is 1.90. The molecule has 0 atom stereocenters. The van der Waals surface area contributed by atoms with Crippen LogP contribution in [0.5, 0.6) is 0 Å². The van der Waals surface area contributed by atoms with E-state index < -0.39 is 20.6 Å². The molecule has 150 valence electrons. The Bertz CT molecular complexity index is 720. The largest absolute Gasteiger partial charge is 0.481 e. The fourth-order valence-corrected chi connectivity index (χ4v) is 7.08. The molecule has 1 N–H and O–H groups in total. The van der Waals surface area contributed by atoms with Gasteiger partial charge >= 0.3 is 5.97 Å². The Hall–Kier alpha value is -1.91. The first-order chi connectivity index (χ1) is 13.3. The van der Waals surface area contributed by atoms with Crippen LogP contribution >= 0.6 is 0 Å². The molecule has 0 unspecified atom stereocenters. The molecule has 0 bridgehead atoms.